The molecule has 0 aliphatic heterocycles. The van der Waals surface area contributed by atoms with Gasteiger partial charge in [0.2, 0.25) is 0 Å². The zero-order valence-electron chi connectivity index (χ0n) is 9.40. The first-order chi connectivity index (χ1) is 7.40. The van der Waals surface area contributed by atoms with Crippen LogP contribution in [0.15, 0.2) is 17.0 Å². The zero-order valence-corrected chi connectivity index (χ0v) is 12.4. The molecular formula is C10H16O3S2Si. The van der Waals surface area contributed by atoms with Crippen LogP contribution in [0.4, 0.5) is 0 Å². The lowest BCUT2D eigenvalue weighted by Crippen LogP contribution is -2.20. The standard InChI is InChI=1S/C10H16O3S2Si/c1-3-4-8-5-9(15(11,12)14)6-10(16-13)7(8)2/h5-6,13H,3-4,16H2,1-2H3,(H,11,12,14). The molecule has 0 heterocycles. The molecule has 1 aromatic carbocycles. The second-order valence-corrected chi connectivity index (χ2v) is 7.60. The first-order valence-corrected chi connectivity index (χ1v) is 8.88. The Balaban J connectivity index is 3.40. The highest BCUT2D eigenvalue weighted by molar-refractivity contribution is 8.29. The van der Waals surface area contributed by atoms with Crippen LogP contribution in [0.25, 0.3) is 0 Å². The van der Waals surface area contributed by atoms with E-state index in [2.05, 4.69) is 11.2 Å². The predicted octanol–water partition coefficient (Wildman–Crippen LogP) is 0.227. The predicted molar refractivity (Wildman–Crippen MR) is 72.0 cm³/mol. The summed E-state index contributed by atoms with van der Waals surface area (Å²) in [6, 6.07) is 3.28. The summed E-state index contributed by atoms with van der Waals surface area (Å²) in [5.74, 6) is 0. The third-order valence-electron chi connectivity index (χ3n) is 2.58. The van der Waals surface area contributed by atoms with Gasteiger partial charge in [0.05, 0.1) is 4.90 Å². The van der Waals surface area contributed by atoms with Crippen LogP contribution in [0, 0.1) is 6.92 Å². The van der Waals surface area contributed by atoms with Gasteiger partial charge >= 0.3 is 0 Å². The maximum atomic E-state index is 11.4. The molecule has 0 aromatic heterocycles. The minimum atomic E-state index is -3.35. The van der Waals surface area contributed by atoms with Crippen molar-refractivity contribution in [2.24, 2.45) is 0 Å². The third-order valence-corrected chi connectivity index (χ3v) is 5.07. The smallest absolute Gasteiger partial charge is 0.188 e. The van der Waals surface area contributed by atoms with Crippen molar-refractivity contribution in [3.8, 4) is 0 Å². The van der Waals surface area contributed by atoms with Crippen molar-refractivity contribution in [3.63, 3.8) is 0 Å². The molecule has 3 nitrogen and oxygen atoms in total. The van der Waals surface area contributed by atoms with Gasteiger partial charge < -0.3 is 9.35 Å². The van der Waals surface area contributed by atoms with Gasteiger partial charge in [0.15, 0.2) is 18.5 Å². The highest BCUT2D eigenvalue weighted by atomic mass is 32.8. The summed E-state index contributed by atoms with van der Waals surface area (Å²) in [6.45, 7) is 3.99. The molecule has 0 fully saturated rings. The van der Waals surface area contributed by atoms with Crippen molar-refractivity contribution in [2.45, 2.75) is 31.6 Å². The molecule has 0 radical (unpaired) electrons. The molecule has 0 saturated heterocycles. The van der Waals surface area contributed by atoms with Crippen molar-refractivity contribution in [3.05, 3.63) is 23.3 Å². The summed E-state index contributed by atoms with van der Waals surface area (Å²) < 4.78 is 20.8. The molecule has 1 aromatic rings. The van der Waals surface area contributed by atoms with E-state index in [1.54, 1.807) is 12.1 Å². The monoisotopic (exact) mass is 276 g/mol. The van der Waals surface area contributed by atoms with Crippen LogP contribution in [0.5, 0.6) is 0 Å². The maximum Gasteiger partial charge on any atom is 0.188 e. The molecule has 0 aliphatic carbocycles. The van der Waals surface area contributed by atoms with Crippen LogP contribution in [0.1, 0.15) is 24.5 Å². The number of aryl methyl sites for hydroxylation is 1. The molecule has 6 heteroatoms. The fraction of sp³-hybridized carbons (Fsp3) is 0.400. The topological polar surface area (TPSA) is 57.5 Å². The Labute approximate surface area is 103 Å². The normalized spacial score (nSPS) is 15.5. The van der Waals surface area contributed by atoms with Crippen LogP contribution in [-0.4, -0.2) is 23.3 Å². The first kappa shape index (κ1) is 13.8. The van der Waals surface area contributed by atoms with E-state index in [9.17, 15) is 13.6 Å². The van der Waals surface area contributed by atoms with Crippen molar-refractivity contribution < 1.29 is 13.6 Å². The van der Waals surface area contributed by atoms with E-state index in [0.29, 0.717) is 0 Å². The second-order valence-electron chi connectivity index (χ2n) is 3.75. The van der Waals surface area contributed by atoms with E-state index in [4.69, 9.17) is 0 Å². The largest absolute Gasteiger partial charge is 0.433 e. The number of benzene rings is 1. The van der Waals surface area contributed by atoms with Crippen LogP contribution in [0.3, 0.4) is 0 Å². The summed E-state index contributed by atoms with van der Waals surface area (Å²) in [5.41, 5.74) is 2.06. The molecule has 0 aliphatic rings. The number of hydrogen-bond donors (Lipinski definition) is 2. The molecule has 1 atom stereocenters. The van der Waals surface area contributed by atoms with Crippen molar-refractivity contribution in [1.29, 1.82) is 0 Å². The molecule has 2 N–H and O–H groups in total. The molecule has 0 amide bonds. The molecule has 1 rings (SSSR count). The molecule has 0 spiro atoms. The molecule has 0 saturated carbocycles. The molecule has 0 bridgehead atoms. The van der Waals surface area contributed by atoms with E-state index in [1.165, 1.54) is 0 Å². The number of hydrogen-bond acceptors (Lipinski definition) is 3. The van der Waals surface area contributed by atoms with Gasteiger partial charge in [0.1, 0.15) is 0 Å². The lowest BCUT2D eigenvalue weighted by atomic mass is 10.0. The Kier molecular flexibility index (Phi) is 4.63. The summed E-state index contributed by atoms with van der Waals surface area (Å²) in [6.07, 6.45) is 1.80. The van der Waals surface area contributed by atoms with Gasteiger partial charge in [0.25, 0.3) is 0 Å². The SMILES string of the molecule is CCCc1cc(S(=O)(O)=S)cc([SiH2]O)c1C. The molecular weight excluding hydrogens is 260 g/mol. The average Bonchev–Trinajstić information content (AvgIpc) is 2.19. The van der Waals surface area contributed by atoms with Gasteiger partial charge in [-0.25, -0.2) is 4.21 Å². The highest BCUT2D eigenvalue weighted by Gasteiger charge is 2.12. The van der Waals surface area contributed by atoms with Crippen molar-refractivity contribution in [2.75, 3.05) is 0 Å². The van der Waals surface area contributed by atoms with Crippen LogP contribution >= 0.6 is 0 Å². The molecule has 90 valence electrons. The lowest BCUT2D eigenvalue weighted by molar-refractivity contribution is 0.561. The van der Waals surface area contributed by atoms with E-state index < -0.39 is 18.5 Å². The average molecular weight is 276 g/mol. The Hall–Kier alpha value is -0.273. The van der Waals surface area contributed by atoms with Crippen LogP contribution in [0.2, 0.25) is 0 Å². The fourth-order valence-electron chi connectivity index (χ4n) is 1.65. The molecule has 1 unspecified atom stereocenters. The van der Waals surface area contributed by atoms with Crippen LogP contribution < -0.4 is 5.19 Å². The van der Waals surface area contributed by atoms with Gasteiger partial charge in [-0.3, -0.25) is 0 Å². The van der Waals surface area contributed by atoms with Crippen LogP contribution in [-0.2, 0) is 26.4 Å². The number of rotatable bonds is 4. The van der Waals surface area contributed by atoms with E-state index in [0.717, 1.165) is 29.2 Å². The second kappa shape index (κ2) is 5.37. The Morgan fingerprint density at radius 1 is 1.50 bits per heavy atom. The van der Waals surface area contributed by atoms with Gasteiger partial charge in [-0.2, -0.15) is 0 Å². The van der Waals surface area contributed by atoms with E-state index >= 15 is 0 Å². The third kappa shape index (κ3) is 3.11. The van der Waals surface area contributed by atoms with Gasteiger partial charge in [-0.1, -0.05) is 13.3 Å². The Bertz CT molecular complexity index is 483. The van der Waals surface area contributed by atoms with Crippen molar-refractivity contribution in [1.82, 2.24) is 0 Å². The van der Waals surface area contributed by atoms with E-state index in [1.807, 2.05) is 13.8 Å². The Morgan fingerprint density at radius 3 is 2.56 bits per heavy atom. The minimum absolute atomic E-state index is 0.258. The zero-order chi connectivity index (χ0) is 12.3. The summed E-state index contributed by atoms with van der Waals surface area (Å²) in [4.78, 5) is 9.59. The first-order valence-electron chi connectivity index (χ1n) is 5.11. The minimum Gasteiger partial charge on any atom is -0.433 e. The quantitative estimate of drug-likeness (QED) is 0.773. The van der Waals surface area contributed by atoms with Gasteiger partial charge in [-0.15, -0.1) is 0 Å². The fourth-order valence-corrected chi connectivity index (χ4v) is 3.44. The van der Waals surface area contributed by atoms with Crippen molar-refractivity contribution >= 4 is 34.9 Å². The highest BCUT2D eigenvalue weighted by Crippen LogP contribution is 2.15. The van der Waals surface area contributed by atoms with Gasteiger partial charge in [-0.05, 0) is 41.8 Å². The molecule has 16 heavy (non-hydrogen) atoms. The van der Waals surface area contributed by atoms with Gasteiger partial charge in [0, 0.05) is 11.2 Å². The van der Waals surface area contributed by atoms with E-state index in [-0.39, 0.29) is 4.90 Å². The Morgan fingerprint density at radius 2 is 2.12 bits per heavy atom. The maximum absolute atomic E-state index is 11.4. The lowest BCUT2D eigenvalue weighted by Gasteiger charge is -2.12. The summed E-state index contributed by atoms with van der Waals surface area (Å²) >= 11 is 4.56. The summed E-state index contributed by atoms with van der Waals surface area (Å²) in [7, 11) is -4.69. The summed E-state index contributed by atoms with van der Waals surface area (Å²) in [5, 5.41) is 0.813.